The standard InChI is InChI=1S/C11H22BIO4/c1-6(2)14-5-8-9(17-13)10(11(12)16-8)15-7(3)4/h6-11H,5,12H2,1-4H3. The fraction of sp³-hybridized carbons (Fsp3) is 1.00. The molecule has 1 saturated heterocycles. The molecule has 6 heteroatoms. The minimum absolute atomic E-state index is 0.0207. The smallest absolute Gasteiger partial charge is 0.142 e. The molecule has 1 rings (SSSR count). The lowest BCUT2D eigenvalue weighted by Crippen LogP contribution is -2.39. The highest BCUT2D eigenvalue weighted by molar-refractivity contribution is 14.1. The Bertz CT molecular complexity index is 228. The minimum atomic E-state index is -0.0632. The third kappa shape index (κ3) is 4.67. The Balaban J connectivity index is 2.56. The molecule has 0 saturated carbocycles. The van der Waals surface area contributed by atoms with Crippen molar-refractivity contribution < 1.29 is 17.3 Å². The third-order valence-corrected chi connectivity index (χ3v) is 3.26. The lowest BCUT2D eigenvalue weighted by molar-refractivity contribution is -0.0395. The first-order valence-electron chi connectivity index (χ1n) is 6.15. The van der Waals surface area contributed by atoms with Crippen LogP contribution < -0.4 is 0 Å². The molecule has 0 aromatic heterocycles. The first-order chi connectivity index (χ1) is 7.95. The largest absolute Gasteiger partial charge is 0.376 e. The normalized spacial score (nSPS) is 33.8. The molecule has 0 spiro atoms. The predicted molar refractivity (Wildman–Crippen MR) is 77.2 cm³/mol. The monoisotopic (exact) mass is 356 g/mol. The second-order valence-electron chi connectivity index (χ2n) is 4.96. The molecule has 1 fully saturated rings. The average Bonchev–Trinajstić information content (AvgIpc) is 2.51. The van der Waals surface area contributed by atoms with Crippen molar-refractivity contribution in [3.63, 3.8) is 0 Å². The molecule has 17 heavy (non-hydrogen) atoms. The molecule has 4 nitrogen and oxygen atoms in total. The van der Waals surface area contributed by atoms with Gasteiger partial charge in [0.2, 0.25) is 0 Å². The van der Waals surface area contributed by atoms with E-state index in [1.807, 2.05) is 58.5 Å². The number of halogens is 1. The van der Waals surface area contributed by atoms with Crippen LogP contribution in [0.25, 0.3) is 0 Å². The molecule has 4 atom stereocenters. The van der Waals surface area contributed by atoms with Crippen LogP contribution in [-0.2, 0) is 17.3 Å². The maximum atomic E-state index is 5.85. The Labute approximate surface area is 119 Å². The molecule has 1 aliphatic rings. The third-order valence-electron chi connectivity index (χ3n) is 2.67. The molecule has 0 bridgehead atoms. The van der Waals surface area contributed by atoms with Crippen LogP contribution in [0.1, 0.15) is 27.7 Å². The first-order valence-corrected chi connectivity index (χ1v) is 7.03. The Hall–Kier alpha value is 0.635. The summed E-state index contributed by atoms with van der Waals surface area (Å²) in [5.74, 6) is 0. The van der Waals surface area contributed by atoms with E-state index in [0.717, 1.165) is 0 Å². The molecule has 100 valence electrons. The topological polar surface area (TPSA) is 36.9 Å². The van der Waals surface area contributed by atoms with Gasteiger partial charge in [-0.15, -0.1) is 0 Å². The van der Waals surface area contributed by atoms with E-state index >= 15 is 0 Å². The summed E-state index contributed by atoms with van der Waals surface area (Å²) in [5, 5.41) is 0. The van der Waals surface area contributed by atoms with E-state index in [4.69, 9.17) is 17.3 Å². The minimum Gasteiger partial charge on any atom is -0.376 e. The Morgan fingerprint density at radius 3 is 2.29 bits per heavy atom. The van der Waals surface area contributed by atoms with Crippen molar-refractivity contribution in [3.8, 4) is 0 Å². The van der Waals surface area contributed by atoms with E-state index in [2.05, 4.69) is 0 Å². The van der Waals surface area contributed by atoms with Gasteiger partial charge in [0.05, 0.1) is 24.8 Å². The van der Waals surface area contributed by atoms with E-state index in [-0.39, 0.29) is 36.5 Å². The van der Waals surface area contributed by atoms with Gasteiger partial charge in [-0.1, -0.05) is 0 Å². The van der Waals surface area contributed by atoms with Gasteiger partial charge in [0.1, 0.15) is 49.2 Å². The van der Waals surface area contributed by atoms with E-state index in [1.165, 1.54) is 0 Å². The van der Waals surface area contributed by atoms with Crippen LogP contribution in [0.4, 0.5) is 0 Å². The zero-order valence-electron chi connectivity index (χ0n) is 11.2. The molecular formula is C11H22BIO4. The van der Waals surface area contributed by atoms with Crippen molar-refractivity contribution in [1.82, 2.24) is 0 Å². The predicted octanol–water partition coefficient (Wildman–Crippen LogP) is 1.30. The van der Waals surface area contributed by atoms with Crippen molar-refractivity contribution in [1.29, 1.82) is 0 Å². The first kappa shape index (κ1) is 15.7. The fourth-order valence-electron chi connectivity index (χ4n) is 1.94. The average molecular weight is 356 g/mol. The number of hydrogen-bond donors (Lipinski definition) is 0. The number of ether oxygens (including phenoxy) is 3. The molecule has 0 aromatic rings. The lowest BCUT2D eigenvalue weighted by Gasteiger charge is -2.23. The van der Waals surface area contributed by atoms with Crippen LogP contribution in [0.3, 0.4) is 0 Å². The summed E-state index contributed by atoms with van der Waals surface area (Å²) in [5.41, 5.74) is 0. The van der Waals surface area contributed by atoms with Gasteiger partial charge in [0.15, 0.2) is 0 Å². The fourth-order valence-corrected chi connectivity index (χ4v) is 2.56. The molecule has 0 amide bonds. The molecule has 4 unspecified atom stereocenters. The van der Waals surface area contributed by atoms with E-state index < -0.39 is 0 Å². The number of hydrogen-bond acceptors (Lipinski definition) is 4. The highest BCUT2D eigenvalue weighted by Gasteiger charge is 2.44. The summed E-state index contributed by atoms with van der Waals surface area (Å²) in [6, 6.07) is 0.0397. The van der Waals surface area contributed by atoms with Crippen LogP contribution in [0.5, 0.6) is 0 Å². The van der Waals surface area contributed by atoms with Gasteiger partial charge in [0.25, 0.3) is 0 Å². The van der Waals surface area contributed by atoms with Crippen LogP contribution in [0, 0.1) is 0 Å². The molecule has 0 radical (unpaired) electrons. The maximum Gasteiger partial charge on any atom is 0.142 e. The second-order valence-corrected chi connectivity index (χ2v) is 5.47. The van der Waals surface area contributed by atoms with Gasteiger partial charge >= 0.3 is 0 Å². The van der Waals surface area contributed by atoms with Crippen LogP contribution >= 0.6 is 23.0 Å². The van der Waals surface area contributed by atoms with Crippen LogP contribution in [0.2, 0.25) is 0 Å². The van der Waals surface area contributed by atoms with E-state index in [1.54, 1.807) is 0 Å². The Morgan fingerprint density at radius 2 is 1.82 bits per heavy atom. The summed E-state index contributed by atoms with van der Waals surface area (Å²) < 4.78 is 22.8. The van der Waals surface area contributed by atoms with Gasteiger partial charge < -0.3 is 17.3 Å². The van der Waals surface area contributed by atoms with Gasteiger partial charge in [-0.3, -0.25) is 0 Å². The molecule has 0 N–H and O–H groups in total. The lowest BCUT2D eigenvalue weighted by atomic mass is 9.93. The molecule has 0 aliphatic carbocycles. The maximum absolute atomic E-state index is 5.85. The van der Waals surface area contributed by atoms with Crippen LogP contribution in [0.15, 0.2) is 0 Å². The molecule has 0 aromatic carbocycles. The van der Waals surface area contributed by atoms with Crippen molar-refractivity contribution in [3.05, 3.63) is 0 Å². The summed E-state index contributed by atoms with van der Waals surface area (Å²) in [6.45, 7) is 8.62. The second kappa shape index (κ2) is 7.28. The quantitative estimate of drug-likeness (QED) is 0.531. The van der Waals surface area contributed by atoms with Gasteiger partial charge in [-0.05, 0) is 27.7 Å². The summed E-state index contributed by atoms with van der Waals surface area (Å²) in [7, 11) is 2.02. The van der Waals surface area contributed by atoms with E-state index in [9.17, 15) is 0 Å². The highest BCUT2D eigenvalue weighted by atomic mass is 127. The van der Waals surface area contributed by atoms with Gasteiger partial charge in [0, 0.05) is 0 Å². The van der Waals surface area contributed by atoms with Gasteiger partial charge in [-0.25, -0.2) is 0 Å². The van der Waals surface area contributed by atoms with Gasteiger partial charge in [-0.2, -0.15) is 0 Å². The highest BCUT2D eigenvalue weighted by Crippen LogP contribution is 2.28. The summed E-state index contributed by atoms with van der Waals surface area (Å²) in [4.78, 5) is 0. The van der Waals surface area contributed by atoms with Crippen molar-refractivity contribution in [2.75, 3.05) is 6.61 Å². The zero-order valence-corrected chi connectivity index (χ0v) is 13.3. The molecule has 1 aliphatic heterocycles. The van der Waals surface area contributed by atoms with Crippen molar-refractivity contribution in [2.24, 2.45) is 0 Å². The van der Waals surface area contributed by atoms with Crippen LogP contribution in [-0.4, -0.2) is 51.0 Å². The SMILES string of the molecule is BC1OC(COC(C)C)C(OI)C1OC(C)C. The van der Waals surface area contributed by atoms with Crippen molar-refractivity contribution in [2.45, 2.75) is 64.2 Å². The Kier molecular flexibility index (Phi) is 6.72. The number of rotatable bonds is 6. The molecular weight excluding hydrogens is 334 g/mol. The van der Waals surface area contributed by atoms with E-state index in [0.29, 0.717) is 6.61 Å². The summed E-state index contributed by atoms with van der Waals surface area (Å²) >= 11 is 1.92. The Morgan fingerprint density at radius 1 is 1.18 bits per heavy atom. The zero-order chi connectivity index (χ0) is 13.0. The molecule has 1 heterocycles. The summed E-state index contributed by atoms with van der Waals surface area (Å²) in [6.07, 6.45) is 0.242. The van der Waals surface area contributed by atoms with Crippen molar-refractivity contribution >= 4 is 30.9 Å².